The second kappa shape index (κ2) is 10.4. The summed E-state index contributed by atoms with van der Waals surface area (Å²) in [5.41, 5.74) is 0. The summed E-state index contributed by atoms with van der Waals surface area (Å²) in [7, 11) is -1.62. The Bertz CT molecular complexity index is 407. The maximum atomic E-state index is 11.7. The number of nitrogens with one attached hydrogen (secondary N) is 2. The average molecular weight is 324 g/mol. The molecule has 0 aromatic carbocycles. The lowest BCUT2D eigenvalue weighted by Gasteiger charge is -2.21. The lowest BCUT2D eigenvalue weighted by molar-refractivity contribution is -0.119. The molecule has 0 bridgehead atoms. The molecule has 0 aromatic rings. The molecule has 23 heavy (non-hydrogen) atoms. The van der Waals surface area contributed by atoms with E-state index in [0.29, 0.717) is 18.9 Å². The smallest absolute Gasteiger partial charge is 0.426 e. The predicted molar refractivity (Wildman–Crippen MR) is 90.3 cm³/mol. The van der Waals surface area contributed by atoms with Gasteiger partial charge in [0.2, 0.25) is 11.8 Å². The van der Waals surface area contributed by atoms with Gasteiger partial charge in [-0.05, 0) is 31.1 Å². The second-order valence-corrected chi connectivity index (χ2v) is 6.74. The summed E-state index contributed by atoms with van der Waals surface area (Å²) in [6.07, 6.45) is 8.79. The lowest BCUT2D eigenvalue weighted by Crippen LogP contribution is -2.46. The van der Waals surface area contributed by atoms with Crippen LogP contribution >= 0.6 is 0 Å². The van der Waals surface area contributed by atoms with Gasteiger partial charge in [-0.3, -0.25) is 9.59 Å². The van der Waals surface area contributed by atoms with Crippen LogP contribution in [0.2, 0.25) is 0 Å². The monoisotopic (exact) mass is 324 g/mol. The molecular weight excluding hydrogens is 295 g/mol. The SMILES string of the molecule is CC(C)C[C@H](NC(=O)/C=C/C(=O)NCC1CCCCC1)B(O)O. The van der Waals surface area contributed by atoms with Gasteiger partial charge in [0, 0.05) is 18.7 Å². The van der Waals surface area contributed by atoms with E-state index < -0.39 is 19.0 Å². The van der Waals surface area contributed by atoms with Gasteiger partial charge in [-0.1, -0.05) is 33.1 Å². The van der Waals surface area contributed by atoms with Crippen LogP contribution < -0.4 is 10.6 Å². The lowest BCUT2D eigenvalue weighted by atomic mass is 9.75. The molecule has 0 saturated heterocycles. The van der Waals surface area contributed by atoms with Crippen molar-refractivity contribution in [1.82, 2.24) is 10.6 Å². The van der Waals surface area contributed by atoms with Crippen LogP contribution in [-0.4, -0.2) is 41.5 Å². The van der Waals surface area contributed by atoms with Gasteiger partial charge in [-0.2, -0.15) is 0 Å². The standard InChI is InChI=1S/C16H29BN2O4/c1-12(2)10-14(17(22)23)19-16(21)9-8-15(20)18-11-13-6-4-3-5-7-13/h8-9,12-14,22-23H,3-7,10-11H2,1-2H3,(H,18,20)(H,19,21)/b9-8+/t14-/m0/s1. The molecular formula is C16H29BN2O4. The van der Waals surface area contributed by atoms with Crippen molar-refractivity contribution < 1.29 is 19.6 Å². The number of rotatable bonds is 8. The zero-order valence-corrected chi connectivity index (χ0v) is 14.1. The van der Waals surface area contributed by atoms with Crippen molar-refractivity contribution in [3.05, 3.63) is 12.2 Å². The minimum absolute atomic E-state index is 0.213. The molecule has 0 unspecified atom stereocenters. The summed E-state index contributed by atoms with van der Waals surface area (Å²) in [6.45, 7) is 4.50. The Morgan fingerprint density at radius 1 is 1.13 bits per heavy atom. The predicted octanol–water partition coefficient (Wildman–Crippen LogP) is 0.782. The number of carbonyl (C=O) groups excluding carboxylic acids is 2. The van der Waals surface area contributed by atoms with Crippen LogP contribution in [0.5, 0.6) is 0 Å². The van der Waals surface area contributed by atoms with Crippen LogP contribution in [0.15, 0.2) is 12.2 Å². The summed E-state index contributed by atoms with van der Waals surface area (Å²) in [5, 5.41) is 23.8. The van der Waals surface area contributed by atoms with Gasteiger partial charge in [0.25, 0.3) is 0 Å². The van der Waals surface area contributed by atoms with Gasteiger partial charge in [-0.15, -0.1) is 0 Å². The zero-order valence-electron chi connectivity index (χ0n) is 14.1. The van der Waals surface area contributed by atoms with E-state index in [2.05, 4.69) is 10.6 Å². The van der Waals surface area contributed by atoms with E-state index in [4.69, 9.17) is 0 Å². The molecule has 0 aliphatic heterocycles. The molecule has 1 fully saturated rings. The second-order valence-electron chi connectivity index (χ2n) is 6.74. The van der Waals surface area contributed by atoms with E-state index in [0.717, 1.165) is 18.9 Å². The maximum absolute atomic E-state index is 11.7. The van der Waals surface area contributed by atoms with Crippen LogP contribution in [0.1, 0.15) is 52.4 Å². The molecule has 6 nitrogen and oxygen atoms in total. The Hall–Kier alpha value is -1.34. The first-order valence-corrected chi connectivity index (χ1v) is 8.51. The molecule has 7 heteroatoms. The highest BCUT2D eigenvalue weighted by Crippen LogP contribution is 2.22. The van der Waals surface area contributed by atoms with Crippen LogP contribution in [0, 0.1) is 11.8 Å². The first-order chi connectivity index (χ1) is 10.9. The highest BCUT2D eigenvalue weighted by atomic mass is 16.4. The summed E-state index contributed by atoms with van der Waals surface area (Å²) < 4.78 is 0. The van der Waals surface area contributed by atoms with Gasteiger partial charge < -0.3 is 20.7 Å². The van der Waals surface area contributed by atoms with E-state index >= 15 is 0 Å². The van der Waals surface area contributed by atoms with E-state index in [1.54, 1.807) is 0 Å². The van der Waals surface area contributed by atoms with Crippen LogP contribution in [0.4, 0.5) is 0 Å². The number of amides is 2. The molecule has 1 saturated carbocycles. The molecule has 1 atom stereocenters. The fraction of sp³-hybridized carbons (Fsp3) is 0.750. The fourth-order valence-electron chi connectivity index (χ4n) is 2.84. The average Bonchev–Trinajstić information content (AvgIpc) is 2.50. The minimum atomic E-state index is -1.62. The first kappa shape index (κ1) is 19.7. The van der Waals surface area contributed by atoms with E-state index in [1.165, 1.54) is 25.3 Å². The van der Waals surface area contributed by atoms with E-state index in [9.17, 15) is 19.6 Å². The van der Waals surface area contributed by atoms with Gasteiger partial charge in [-0.25, -0.2) is 0 Å². The molecule has 1 rings (SSSR count). The normalized spacial score (nSPS) is 17.3. The summed E-state index contributed by atoms with van der Waals surface area (Å²) >= 11 is 0. The van der Waals surface area contributed by atoms with Gasteiger partial charge in [0.1, 0.15) is 0 Å². The molecule has 0 spiro atoms. The summed E-state index contributed by atoms with van der Waals surface area (Å²) in [4.78, 5) is 23.5. The van der Waals surface area contributed by atoms with Crippen LogP contribution in [-0.2, 0) is 9.59 Å². The third-order valence-corrected chi connectivity index (χ3v) is 4.09. The summed E-state index contributed by atoms with van der Waals surface area (Å²) in [5.74, 6) is -0.788. The minimum Gasteiger partial charge on any atom is -0.426 e. The topological polar surface area (TPSA) is 98.7 Å². The van der Waals surface area contributed by atoms with Crippen molar-refractivity contribution in [2.75, 3.05) is 6.54 Å². The largest absolute Gasteiger partial charge is 0.475 e. The number of carbonyl (C=O) groups is 2. The third kappa shape index (κ3) is 8.76. The molecule has 4 N–H and O–H groups in total. The van der Waals surface area contributed by atoms with Crippen molar-refractivity contribution in [1.29, 1.82) is 0 Å². The molecule has 0 radical (unpaired) electrons. The van der Waals surface area contributed by atoms with Gasteiger partial charge in [0.05, 0.1) is 5.94 Å². The van der Waals surface area contributed by atoms with E-state index in [-0.39, 0.29) is 11.8 Å². The molecule has 0 aromatic heterocycles. The zero-order chi connectivity index (χ0) is 17.2. The van der Waals surface area contributed by atoms with Crippen molar-refractivity contribution >= 4 is 18.9 Å². The third-order valence-electron chi connectivity index (χ3n) is 4.09. The maximum Gasteiger partial charge on any atom is 0.475 e. The number of hydrogen-bond acceptors (Lipinski definition) is 4. The van der Waals surface area contributed by atoms with Crippen LogP contribution in [0.25, 0.3) is 0 Å². The van der Waals surface area contributed by atoms with E-state index in [1.807, 2.05) is 13.8 Å². The Morgan fingerprint density at radius 3 is 2.30 bits per heavy atom. The highest BCUT2D eigenvalue weighted by Gasteiger charge is 2.25. The molecule has 130 valence electrons. The van der Waals surface area contributed by atoms with Gasteiger partial charge in [0.15, 0.2) is 0 Å². The molecule has 2 amide bonds. The molecule has 1 aliphatic carbocycles. The Labute approximate surface area is 138 Å². The van der Waals surface area contributed by atoms with Crippen molar-refractivity contribution in [3.8, 4) is 0 Å². The first-order valence-electron chi connectivity index (χ1n) is 8.51. The fourth-order valence-corrected chi connectivity index (χ4v) is 2.84. The molecule has 0 heterocycles. The molecule has 1 aliphatic rings. The summed E-state index contributed by atoms with van der Waals surface area (Å²) in [6, 6.07) is 0. The van der Waals surface area contributed by atoms with Gasteiger partial charge >= 0.3 is 7.12 Å². The van der Waals surface area contributed by atoms with Crippen molar-refractivity contribution in [2.24, 2.45) is 11.8 Å². The highest BCUT2D eigenvalue weighted by molar-refractivity contribution is 6.43. The Morgan fingerprint density at radius 2 is 1.74 bits per heavy atom. The van der Waals surface area contributed by atoms with Crippen molar-refractivity contribution in [3.63, 3.8) is 0 Å². The Kier molecular flexibility index (Phi) is 8.95. The quantitative estimate of drug-likeness (QED) is 0.392. The van der Waals surface area contributed by atoms with Crippen LogP contribution in [0.3, 0.4) is 0 Å². The Balaban J connectivity index is 2.33. The van der Waals surface area contributed by atoms with Crippen molar-refractivity contribution in [2.45, 2.75) is 58.3 Å². The number of hydrogen-bond donors (Lipinski definition) is 4.